The van der Waals surface area contributed by atoms with Gasteiger partial charge in [0.25, 0.3) is 0 Å². The summed E-state index contributed by atoms with van der Waals surface area (Å²) >= 11 is 0. The quantitative estimate of drug-likeness (QED) is 0.794. The van der Waals surface area contributed by atoms with E-state index in [9.17, 15) is 9.59 Å². The van der Waals surface area contributed by atoms with Crippen molar-refractivity contribution in [3.63, 3.8) is 0 Å². The molecule has 4 aliphatic rings. The van der Waals surface area contributed by atoms with Gasteiger partial charge in [-0.1, -0.05) is 12.1 Å². The Bertz CT molecular complexity index is 618. The summed E-state index contributed by atoms with van der Waals surface area (Å²) < 4.78 is 0. The van der Waals surface area contributed by atoms with Crippen LogP contribution in [0.25, 0.3) is 0 Å². The number of nitrogens with two attached hydrogens (primary N) is 1. The lowest BCUT2D eigenvalue weighted by molar-refractivity contribution is -0.146. The van der Waals surface area contributed by atoms with E-state index in [1.165, 1.54) is 19.3 Å². The van der Waals surface area contributed by atoms with Crippen molar-refractivity contribution < 1.29 is 9.59 Å². The Labute approximate surface area is 142 Å². The number of primary amides is 1. The molecule has 24 heavy (non-hydrogen) atoms. The van der Waals surface area contributed by atoms with Crippen LogP contribution in [0.5, 0.6) is 0 Å². The number of benzene rings is 1. The third-order valence-electron chi connectivity index (χ3n) is 6.19. The van der Waals surface area contributed by atoms with E-state index in [2.05, 4.69) is 10.6 Å². The van der Waals surface area contributed by atoms with E-state index in [0.717, 1.165) is 42.6 Å². The minimum Gasteiger partial charge on any atom is -0.352 e. The standard InChI is InChI=1S/C19H25N3O2/c20-18(24)22-16-3-1-12(2-4-16)11-21-17(23)19-8-13-5-14(9-19)7-15(6-13)10-19/h1-4,13-15H,5-11H2,(H,21,23)(H3,20,22,24). The van der Waals surface area contributed by atoms with Crippen molar-refractivity contribution in [3.8, 4) is 0 Å². The average Bonchev–Trinajstić information content (AvgIpc) is 2.52. The highest BCUT2D eigenvalue weighted by molar-refractivity contribution is 5.87. The van der Waals surface area contributed by atoms with Crippen LogP contribution in [0.1, 0.15) is 44.1 Å². The zero-order valence-corrected chi connectivity index (χ0v) is 13.9. The number of hydrogen-bond donors (Lipinski definition) is 3. The normalized spacial score (nSPS) is 33.2. The first kappa shape index (κ1) is 15.5. The van der Waals surface area contributed by atoms with Gasteiger partial charge < -0.3 is 16.4 Å². The third kappa shape index (κ3) is 2.87. The number of hydrogen-bond acceptors (Lipinski definition) is 2. The number of nitrogens with one attached hydrogen (secondary N) is 2. The van der Waals surface area contributed by atoms with Crippen molar-refractivity contribution in [2.75, 3.05) is 5.32 Å². The van der Waals surface area contributed by atoms with Crippen LogP contribution in [0.4, 0.5) is 10.5 Å². The fraction of sp³-hybridized carbons (Fsp3) is 0.579. The molecule has 1 aromatic carbocycles. The molecule has 4 N–H and O–H groups in total. The Balaban J connectivity index is 1.37. The molecule has 4 aliphatic carbocycles. The first-order chi connectivity index (χ1) is 11.5. The predicted octanol–water partition coefficient (Wildman–Crippen LogP) is 3.01. The lowest BCUT2D eigenvalue weighted by Crippen LogP contribution is -2.53. The van der Waals surface area contributed by atoms with Crippen LogP contribution < -0.4 is 16.4 Å². The largest absolute Gasteiger partial charge is 0.352 e. The minimum atomic E-state index is -0.571. The molecular weight excluding hydrogens is 302 g/mol. The first-order valence-corrected chi connectivity index (χ1v) is 8.96. The van der Waals surface area contributed by atoms with E-state index in [1.807, 2.05) is 12.1 Å². The smallest absolute Gasteiger partial charge is 0.316 e. The molecule has 5 rings (SSSR count). The maximum Gasteiger partial charge on any atom is 0.316 e. The van der Waals surface area contributed by atoms with Crippen LogP contribution in [-0.4, -0.2) is 11.9 Å². The van der Waals surface area contributed by atoms with Crippen LogP contribution >= 0.6 is 0 Å². The number of anilines is 1. The number of carbonyl (C=O) groups is 2. The molecular formula is C19H25N3O2. The van der Waals surface area contributed by atoms with E-state index < -0.39 is 6.03 Å². The molecule has 0 spiro atoms. The van der Waals surface area contributed by atoms with E-state index in [0.29, 0.717) is 12.2 Å². The van der Waals surface area contributed by atoms with Gasteiger partial charge in [-0.3, -0.25) is 4.79 Å². The lowest BCUT2D eigenvalue weighted by atomic mass is 9.49. The summed E-state index contributed by atoms with van der Waals surface area (Å²) in [5, 5.41) is 5.70. The van der Waals surface area contributed by atoms with Crippen LogP contribution in [0, 0.1) is 23.2 Å². The number of amides is 3. The van der Waals surface area contributed by atoms with Crippen molar-refractivity contribution in [1.82, 2.24) is 5.32 Å². The second-order valence-corrected chi connectivity index (χ2v) is 8.07. The van der Waals surface area contributed by atoms with E-state index >= 15 is 0 Å². The Morgan fingerprint density at radius 1 is 1.00 bits per heavy atom. The van der Waals surface area contributed by atoms with Crippen molar-refractivity contribution >= 4 is 17.6 Å². The molecule has 128 valence electrons. The van der Waals surface area contributed by atoms with Crippen molar-refractivity contribution in [2.24, 2.45) is 28.9 Å². The van der Waals surface area contributed by atoms with Crippen molar-refractivity contribution in [1.29, 1.82) is 0 Å². The van der Waals surface area contributed by atoms with Gasteiger partial charge in [-0.2, -0.15) is 0 Å². The summed E-state index contributed by atoms with van der Waals surface area (Å²) in [6.45, 7) is 0.539. The molecule has 0 atom stereocenters. The Morgan fingerprint density at radius 3 is 2.04 bits per heavy atom. The fourth-order valence-corrected chi connectivity index (χ4v) is 5.61. The third-order valence-corrected chi connectivity index (χ3v) is 6.19. The van der Waals surface area contributed by atoms with Crippen molar-refractivity contribution in [2.45, 2.75) is 45.1 Å². The van der Waals surface area contributed by atoms with Crippen molar-refractivity contribution in [3.05, 3.63) is 29.8 Å². The Morgan fingerprint density at radius 2 is 1.54 bits per heavy atom. The summed E-state index contributed by atoms with van der Waals surface area (Å²) in [7, 11) is 0. The molecule has 0 aliphatic heterocycles. The topological polar surface area (TPSA) is 84.2 Å². The molecule has 4 saturated carbocycles. The van der Waals surface area contributed by atoms with Crippen LogP contribution in [0.2, 0.25) is 0 Å². The maximum atomic E-state index is 12.9. The Hall–Kier alpha value is -2.04. The molecule has 0 unspecified atom stereocenters. The van der Waals surface area contributed by atoms with E-state index in [1.54, 1.807) is 12.1 Å². The summed E-state index contributed by atoms with van der Waals surface area (Å²) in [5.41, 5.74) is 6.70. The van der Waals surface area contributed by atoms with Gasteiger partial charge in [0.1, 0.15) is 0 Å². The fourth-order valence-electron chi connectivity index (χ4n) is 5.61. The first-order valence-electron chi connectivity index (χ1n) is 8.96. The van der Waals surface area contributed by atoms with Gasteiger partial charge in [0.15, 0.2) is 0 Å². The van der Waals surface area contributed by atoms with Gasteiger partial charge >= 0.3 is 6.03 Å². The summed E-state index contributed by atoms with van der Waals surface area (Å²) in [6.07, 6.45) is 7.31. The zero-order chi connectivity index (χ0) is 16.7. The molecule has 5 nitrogen and oxygen atoms in total. The summed E-state index contributed by atoms with van der Waals surface area (Å²) in [6, 6.07) is 6.85. The highest BCUT2D eigenvalue weighted by Gasteiger charge is 2.54. The van der Waals surface area contributed by atoms with Gasteiger partial charge in [0.05, 0.1) is 0 Å². The van der Waals surface area contributed by atoms with Gasteiger partial charge in [-0.05, 0) is 74.0 Å². The highest BCUT2D eigenvalue weighted by atomic mass is 16.2. The van der Waals surface area contributed by atoms with Gasteiger partial charge in [-0.25, -0.2) is 4.79 Å². The molecule has 3 amide bonds. The minimum absolute atomic E-state index is 0.0950. The van der Waals surface area contributed by atoms with Crippen LogP contribution in [0.3, 0.4) is 0 Å². The van der Waals surface area contributed by atoms with Crippen LogP contribution in [-0.2, 0) is 11.3 Å². The molecule has 4 bridgehead atoms. The van der Waals surface area contributed by atoms with E-state index in [4.69, 9.17) is 5.73 Å². The molecule has 5 heteroatoms. The Kier molecular flexibility index (Phi) is 3.74. The number of rotatable bonds is 4. The zero-order valence-electron chi connectivity index (χ0n) is 13.9. The monoisotopic (exact) mass is 327 g/mol. The predicted molar refractivity (Wildman–Crippen MR) is 92.1 cm³/mol. The summed E-state index contributed by atoms with van der Waals surface area (Å²) in [4.78, 5) is 23.7. The van der Waals surface area contributed by atoms with Gasteiger partial charge in [0, 0.05) is 17.6 Å². The molecule has 0 saturated heterocycles. The maximum absolute atomic E-state index is 12.9. The number of urea groups is 1. The lowest BCUT2D eigenvalue weighted by Gasteiger charge is -2.55. The SMILES string of the molecule is NC(=O)Nc1ccc(CNC(=O)C23CC4CC(CC(C4)C2)C3)cc1. The van der Waals surface area contributed by atoms with Crippen LogP contribution in [0.15, 0.2) is 24.3 Å². The average molecular weight is 327 g/mol. The molecule has 0 radical (unpaired) electrons. The van der Waals surface area contributed by atoms with Gasteiger partial charge in [-0.15, -0.1) is 0 Å². The second kappa shape index (κ2) is 5.80. The highest BCUT2D eigenvalue weighted by Crippen LogP contribution is 2.60. The second-order valence-electron chi connectivity index (χ2n) is 8.07. The molecule has 4 fully saturated rings. The summed E-state index contributed by atoms with van der Waals surface area (Å²) in [5.74, 6) is 2.59. The molecule has 1 aromatic rings. The molecule has 0 heterocycles. The van der Waals surface area contributed by atoms with E-state index in [-0.39, 0.29) is 11.3 Å². The molecule has 0 aromatic heterocycles. The van der Waals surface area contributed by atoms with Gasteiger partial charge in [0.2, 0.25) is 5.91 Å². The number of carbonyl (C=O) groups excluding carboxylic acids is 2.